The summed E-state index contributed by atoms with van der Waals surface area (Å²) in [6.07, 6.45) is 1.42. The van der Waals surface area contributed by atoms with Gasteiger partial charge in [0.1, 0.15) is 25.1 Å². The van der Waals surface area contributed by atoms with E-state index in [1.807, 2.05) is 42.5 Å². The summed E-state index contributed by atoms with van der Waals surface area (Å²) < 4.78 is 16.5. The minimum atomic E-state index is -0.863. The zero-order chi connectivity index (χ0) is 23.2. The van der Waals surface area contributed by atoms with Gasteiger partial charge in [0.05, 0.1) is 13.2 Å². The van der Waals surface area contributed by atoms with Gasteiger partial charge in [0.2, 0.25) is 0 Å². The quantitative estimate of drug-likeness (QED) is 0.637. The smallest absolute Gasteiger partial charge is 0.317 e. The number of carbonyl (C=O) groups is 1. The molecular weight excluding hydrogens is 422 g/mol. The van der Waals surface area contributed by atoms with Crippen LogP contribution in [0, 0.1) is 0 Å². The number of amides is 2. The van der Waals surface area contributed by atoms with Crippen LogP contribution in [0.2, 0.25) is 0 Å². The summed E-state index contributed by atoms with van der Waals surface area (Å²) in [6, 6.07) is 12.4. The van der Waals surface area contributed by atoms with E-state index in [0.29, 0.717) is 43.4 Å². The second-order valence-electron chi connectivity index (χ2n) is 8.54. The van der Waals surface area contributed by atoms with Gasteiger partial charge in [0.25, 0.3) is 0 Å². The molecule has 0 aromatic heterocycles. The van der Waals surface area contributed by atoms with E-state index in [1.54, 1.807) is 19.1 Å². The number of benzene rings is 2. The van der Waals surface area contributed by atoms with Gasteiger partial charge in [-0.25, -0.2) is 4.79 Å². The lowest BCUT2D eigenvalue weighted by atomic mass is 10.00. The first-order valence-electron chi connectivity index (χ1n) is 11.5. The highest BCUT2D eigenvalue weighted by molar-refractivity contribution is 5.74. The highest BCUT2D eigenvalue weighted by atomic mass is 16.6. The molecule has 0 bridgehead atoms. The molecule has 2 heterocycles. The largest absolute Gasteiger partial charge is 0.497 e. The van der Waals surface area contributed by atoms with Crippen LogP contribution < -0.4 is 19.5 Å². The van der Waals surface area contributed by atoms with Crippen molar-refractivity contribution in [2.75, 3.05) is 47.0 Å². The van der Waals surface area contributed by atoms with Crippen LogP contribution in [0.5, 0.6) is 17.2 Å². The van der Waals surface area contributed by atoms with Crippen molar-refractivity contribution >= 4 is 6.03 Å². The van der Waals surface area contributed by atoms with E-state index in [2.05, 4.69) is 10.2 Å². The zero-order valence-corrected chi connectivity index (χ0v) is 19.3. The van der Waals surface area contributed by atoms with Crippen LogP contribution in [0.25, 0.3) is 0 Å². The monoisotopic (exact) mass is 455 g/mol. The fourth-order valence-corrected chi connectivity index (χ4v) is 4.33. The fourth-order valence-electron chi connectivity index (χ4n) is 4.33. The Bertz CT molecular complexity index is 930. The number of rotatable bonds is 8. The molecule has 8 nitrogen and oxygen atoms in total. The normalized spacial score (nSPS) is 17.3. The fraction of sp³-hybridized carbons (Fsp3) is 0.480. The summed E-state index contributed by atoms with van der Waals surface area (Å²) in [6.45, 7) is 3.95. The minimum absolute atomic E-state index is 0.230. The third-order valence-corrected chi connectivity index (χ3v) is 6.34. The van der Waals surface area contributed by atoms with Gasteiger partial charge in [-0.1, -0.05) is 18.2 Å². The Hall–Kier alpha value is -2.97. The van der Waals surface area contributed by atoms with Crippen molar-refractivity contribution in [1.82, 2.24) is 15.1 Å². The highest BCUT2D eigenvalue weighted by Gasteiger charge is 2.31. The molecule has 1 unspecified atom stereocenters. The summed E-state index contributed by atoms with van der Waals surface area (Å²) in [4.78, 5) is 17.0. The predicted molar refractivity (Wildman–Crippen MR) is 125 cm³/mol. The lowest BCUT2D eigenvalue weighted by Crippen LogP contribution is -2.50. The maximum absolute atomic E-state index is 13.0. The number of nitrogens with zero attached hydrogens (tertiary/aromatic N) is 2. The Kier molecular flexibility index (Phi) is 7.57. The summed E-state index contributed by atoms with van der Waals surface area (Å²) in [5.74, 6) is 2.08. The van der Waals surface area contributed by atoms with Gasteiger partial charge in [-0.2, -0.15) is 0 Å². The van der Waals surface area contributed by atoms with Crippen molar-refractivity contribution in [2.45, 2.75) is 31.5 Å². The first-order chi connectivity index (χ1) is 16.0. The van der Waals surface area contributed by atoms with E-state index >= 15 is 0 Å². The number of ether oxygens (including phenoxy) is 3. The minimum Gasteiger partial charge on any atom is -0.497 e. The van der Waals surface area contributed by atoms with Crippen molar-refractivity contribution in [3.63, 3.8) is 0 Å². The third-order valence-electron chi connectivity index (χ3n) is 6.34. The molecule has 2 aromatic carbocycles. The number of aliphatic hydroxyl groups is 1. The zero-order valence-electron chi connectivity index (χ0n) is 19.3. The van der Waals surface area contributed by atoms with E-state index in [-0.39, 0.29) is 6.03 Å². The highest BCUT2D eigenvalue weighted by Crippen LogP contribution is 2.34. The lowest BCUT2D eigenvalue weighted by molar-refractivity contribution is 0.0569. The summed E-state index contributed by atoms with van der Waals surface area (Å²) >= 11 is 0. The molecule has 2 aliphatic rings. The summed E-state index contributed by atoms with van der Waals surface area (Å²) in [5, 5.41) is 14.3. The van der Waals surface area contributed by atoms with Gasteiger partial charge >= 0.3 is 6.03 Å². The van der Waals surface area contributed by atoms with Gasteiger partial charge in [-0.3, -0.25) is 0 Å². The molecule has 4 rings (SSSR count). The topological polar surface area (TPSA) is 83.5 Å². The number of nitrogens with one attached hydrogen (secondary N) is 1. The Labute approximate surface area is 195 Å². The number of likely N-dealkylation sites (N-methyl/N-ethyl adjacent to an activating group) is 1. The van der Waals surface area contributed by atoms with Crippen LogP contribution in [0.1, 0.15) is 30.1 Å². The molecule has 2 N–H and O–H groups in total. The van der Waals surface area contributed by atoms with Crippen molar-refractivity contribution in [3.05, 3.63) is 53.6 Å². The molecule has 33 heavy (non-hydrogen) atoms. The number of urea groups is 1. The lowest BCUT2D eigenvalue weighted by Gasteiger charge is -2.35. The Morgan fingerprint density at radius 2 is 1.82 bits per heavy atom. The number of methoxy groups -OCH3 is 1. The maximum Gasteiger partial charge on any atom is 0.317 e. The number of carbonyl (C=O) groups excluding carboxylic acids is 1. The number of aliphatic hydroxyl groups excluding tert-OH is 1. The van der Waals surface area contributed by atoms with E-state index in [1.165, 1.54) is 0 Å². The number of likely N-dealkylation sites (tertiary alicyclic amines) is 1. The predicted octanol–water partition coefficient (Wildman–Crippen LogP) is 2.81. The molecule has 0 radical (unpaired) electrons. The van der Waals surface area contributed by atoms with Crippen molar-refractivity contribution in [1.29, 1.82) is 0 Å². The molecule has 0 spiro atoms. The van der Waals surface area contributed by atoms with Gasteiger partial charge in [0, 0.05) is 20.1 Å². The molecule has 0 saturated carbocycles. The van der Waals surface area contributed by atoms with Gasteiger partial charge in [0.15, 0.2) is 11.5 Å². The standard InChI is InChI=1S/C25H33N3O5/c1-27(25(30)26-16-18-5-8-20(31-2)9-6-18)21(17-28-11-3-4-12-28)24(29)19-7-10-22-23(15-19)33-14-13-32-22/h5-10,15,21,24,29H,3-4,11-14,16-17H2,1-2H3,(H,26,30)/t21?,24-/m1/s1. The molecule has 0 aliphatic carbocycles. The Morgan fingerprint density at radius 3 is 2.52 bits per heavy atom. The van der Waals surface area contributed by atoms with Gasteiger partial charge < -0.3 is 34.4 Å². The molecule has 2 aliphatic heterocycles. The molecular formula is C25H33N3O5. The third kappa shape index (κ3) is 5.69. The number of hydrogen-bond acceptors (Lipinski definition) is 6. The van der Waals surface area contributed by atoms with Gasteiger partial charge in [-0.05, 0) is 61.3 Å². The van der Waals surface area contributed by atoms with Crippen molar-refractivity contribution in [3.8, 4) is 17.2 Å². The molecule has 1 fully saturated rings. The molecule has 8 heteroatoms. The number of fused-ring (bicyclic) bond motifs is 1. The van der Waals surface area contributed by atoms with E-state index < -0.39 is 12.1 Å². The average Bonchev–Trinajstić information content (AvgIpc) is 3.38. The van der Waals surface area contributed by atoms with Gasteiger partial charge in [-0.15, -0.1) is 0 Å². The SMILES string of the molecule is COc1ccc(CNC(=O)N(C)C(CN2CCCC2)[C@H](O)c2ccc3c(c2)OCCO3)cc1. The molecule has 178 valence electrons. The summed E-state index contributed by atoms with van der Waals surface area (Å²) in [5.41, 5.74) is 1.68. The average molecular weight is 456 g/mol. The second kappa shape index (κ2) is 10.8. The Morgan fingerprint density at radius 1 is 1.12 bits per heavy atom. The number of hydrogen-bond donors (Lipinski definition) is 2. The van der Waals surface area contributed by atoms with E-state index in [4.69, 9.17) is 14.2 Å². The molecule has 2 atom stereocenters. The van der Waals surface area contributed by atoms with E-state index in [0.717, 1.165) is 37.2 Å². The van der Waals surface area contributed by atoms with Crippen LogP contribution >= 0.6 is 0 Å². The maximum atomic E-state index is 13.0. The molecule has 2 amide bonds. The first kappa shape index (κ1) is 23.2. The molecule has 2 aromatic rings. The summed E-state index contributed by atoms with van der Waals surface area (Å²) in [7, 11) is 3.37. The van der Waals surface area contributed by atoms with Crippen LogP contribution in [0.3, 0.4) is 0 Å². The molecule has 1 saturated heterocycles. The van der Waals surface area contributed by atoms with Crippen LogP contribution in [-0.4, -0.2) is 74.0 Å². The first-order valence-corrected chi connectivity index (χ1v) is 11.5. The Balaban J connectivity index is 1.46. The van der Waals surface area contributed by atoms with Crippen LogP contribution in [0.15, 0.2) is 42.5 Å². The van der Waals surface area contributed by atoms with E-state index in [9.17, 15) is 9.90 Å². The van der Waals surface area contributed by atoms with Crippen molar-refractivity contribution < 1.29 is 24.1 Å². The van der Waals surface area contributed by atoms with Crippen LogP contribution in [-0.2, 0) is 6.54 Å². The second-order valence-corrected chi connectivity index (χ2v) is 8.54. The van der Waals surface area contributed by atoms with Crippen LogP contribution in [0.4, 0.5) is 4.79 Å². The van der Waals surface area contributed by atoms with Crippen molar-refractivity contribution in [2.24, 2.45) is 0 Å².